The summed E-state index contributed by atoms with van der Waals surface area (Å²) >= 11 is 0. The number of hydrogen-bond acceptors (Lipinski definition) is 7. The number of ether oxygens (including phenoxy) is 2. The zero-order valence-corrected chi connectivity index (χ0v) is 14.2. The Morgan fingerprint density at radius 2 is 1.89 bits per heavy atom. The molecule has 2 aromatic rings. The van der Waals surface area contributed by atoms with Crippen LogP contribution in [0.25, 0.3) is 0 Å². The van der Waals surface area contributed by atoms with E-state index in [9.17, 15) is 22.8 Å². The minimum absolute atomic E-state index is 0.0699. The lowest BCUT2D eigenvalue weighted by Crippen LogP contribution is -2.38. The lowest BCUT2D eigenvalue weighted by Gasteiger charge is -2.19. The molecular weight excluding hydrogens is 371 g/mol. The third-order valence-corrected chi connectivity index (χ3v) is 3.16. The van der Waals surface area contributed by atoms with Crippen molar-refractivity contribution >= 4 is 17.7 Å². The number of alkyl halides is 3. The fourth-order valence-electron chi connectivity index (χ4n) is 1.91. The number of carbonyl (C=O) groups excluding carboxylic acids is 2. The summed E-state index contributed by atoms with van der Waals surface area (Å²) in [5.41, 5.74) is -0.552. The summed E-state index contributed by atoms with van der Waals surface area (Å²) in [7, 11) is 0. The van der Waals surface area contributed by atoms with Crippen molar-refractivity contribution in [3.05, 3.63) is 36.0 Å². The highest BCUT2D eigenvalue weighted by Gasteiger charge is 2.34. The van der Waals surface area contributed by atoms with Crippen LogP contribution in [0.15, 0.2) is 35.0 Å². The third-order valence-electron chi connectivity index (χ3n) is 3.16. The van der Waals surface area contributed by atoms with E-state index >= 15 is 0 Å². The number of imide groups is 1. The van der Waals surface area contributed by atoms with Gasteiger partial charge in [0.1, 0.15) is 0 Å². The molecule has 0 aliphatic heterocycles. The lowest BCUT2D eigenvalue weighted by atomic mass is 10.2. The summed E-state index contributed by atoms with van der Waals surface area (Å²) < 4.78 is 50.8. The highest BCUT2D eigenvalue weighted by atomic mass is 19.4. The molecule has 2 rings (SSSR count). The molecule has 0 atom stereocenters. The molecule has 0 N–H and O–H groups in total. The quantitative estimate of drug-likeness (QED) is 0.670. The van der Waals surface area contributed by atoms with Gasteiger partial charge < -0.3 is 9.47 Å². The smallest absolute Gasteiger partial charge is 0.422 e. The molecule has 11 heteroatoms. The fourth-order valence-corrected chi connectivity index (χ4v) is 1.91. The number of carbonyl (C=O) groups is 2. The molecule has 0 saturated heterocycles. The van der Waals surface area contributed by atoms with E-state index in [2.05, 4.69) is 19.7 Å². The SMILES string of the molecule is CCCCOC(=O)N(C(=O)c1nonc1OCC(F)(F)F)c1ccccc1. The van der Waals surface area contributed by atoms with Crippen molar-refractivity contribution in [3.63, 3.8) is 0 Å². The minimum Gasteiger partial charge on any atom is -0.464 e. The van der Waals surface area contributed by atoms with Crippen LogP contribution in [0.4, 0.5) is 23.7 Å². The van der Waals surface area contributed by atoms with Crippen molar-refractivity contribution < 1.29 is 36.9 Å². The number of rotatable bonds is 7. The highest BCUT2D eigenvalue weighted by Crippen LogP contribution is 2.23. The molecule has 0 saturated carbocycles. The molecule has 146 valence electrons. The average Bonchev–Trinajstić information content (AvgIpc) is 3.09. The van der Waals surface area contributed by atoms with Gasteiger partial charge in [-0.25, -0.2) is 14.3 Å². The van der Waals surface area contributed by atoms with Crippen molar-refractivity contribution in [1.29, 1.82) is 0 Å². The predicted molar refractivity (Wildman–Crippen MR) is 85.4 cm³/mol. The Morgan fingerprint density at radius 1 is 1.19 bits per heavy atom. The molecule has 0 radical (unpaired) electrons. The van der Waals surface area contributed by atoms with Crippen LogP contribution < -0.4 is 9.64 Å². The van der Waals surface area contributed by atoms with E-state index in [4.69, 9.17) is 4.74 Å². The summed E-state index contributed by atoms with van der Waals surface area (Å²) in [6, 6.07) is 7.68. The van der Waals surface area contributed by atoms with E-state index in [1.54, 1.807) is 18.2 Å². The molecule has 1 aromatic heterocycles. The summed E-state index contributed by atoms with van der Waals surface area (Å²) in [5, 5.41) is 6.41. The van der Waals surface area contributed by atoms with Crippen molar-refractivity contribution in [2.75, 3.05) is 18.1 Å². The van der Waals surface area contributed by atoms with E-state index in [0.29, 0.717) is 11.3 Å². The van der Waals surface area contributed by atoms with Gasteiger partial charge in [0.05, 0.1) is 12.3 Å². The molecule has 0 aliphatic rings. The van der Waals surface area contributed by atoms with Gasteiger partial charge >= 0.3 is 12.3 Å². The van der Waals surface area contributed by atoms with Gasteiger partial charge in [0.2, 0.25) is 5.69 Å². The topological polar surface area (TPSA) is 94.8 Å². The normalized spacial score (nSPS) is 11.1. The zero-order chi connectivity index (χ0) is 19.9. The Kier molecular flexibility index (Phi) is 6.74. The monoisotopic (exact) mass is 387 g/mol. The van der Waals surface area contributed by atoms with Crippen LogP contribution in [0.2, 0.25) is 0 Å². The first-order valence-electron chi connectivity index (χ1n) is 7.92. The van der Waals surface area contributed by atoms with Gasteiger partial charge in [0.15, 0.2) is 6.61 Å². The molecular formula is C16H16F3N3O5. The number of anilines is 1. The van der Waals surface area contributed by atoms with Crippen LogP contribution in [0.5, 0.6) is 5.88 Å². The van der Waals surface area contributed by atoms with Gasteiger partial charge in [0, 0.05) is 0 Å². The summed E-state index contributed by atoms with van der Waals surface area (Å²) in [5.74, 6) is -1.87. The van der Waals surface area contributed by atoms with Gasteiger partial charge in [-0.15, -0.1) is 0 Å². The standard InChI is InChI=1S/C16H16F3N3O5/c1-2-3-9-25-15(24)22(11-7-5-4-6-8-11)14(23)12-13(21-27-20-12)26-10-16(17,18)19/h4-8H,2-3,9-10H2,1H3. The van der Waals surface area contributed by atoms with E-state index in [1.165, 1.54) is 12.1 Å². The van der Waals surface area contributed by atoms with Crippen LogP contribution in [0.3, 0.4) is 0 Å². The third kappa shape index (κ3) is 5.69. The maximum Gasteiger partial charge on any atom is 0.422 e. The van der Waals surface area contributed by atoms with E-state index in [0.717, 1.165) is 6.42 Å². The Bertz CT molecular complexity index is 764. The second-order valence-electron chi connectivity index (χ2n) is 5.27. The number of hydrogen-bond donors (Lipinski definition) is 0. The zero-order valence-electron chi connectivity index (χ0n) is 14.2. The number of aromatic nitrogens is 2. The number of benzene rings is 1. The van der Waals surface area contributed by atoms with Crippen LogP contribution in [0, 0.1) is 0 Å². The van der Waals surface area contributed by atoms with Crippen LogP contribution in [-0.2, 0) is 4.74 Å². The van der Waals surface area contributed by atoms with Gasteiger partial charge in [0.25, 0.3) is 11.8 Å². The van der Waals surface area contributed by atoms with E-state index in [-0.39, 0.29) is 12.3 Å². The summed E-state index contributed by atoms with van der Waals surface area (Å²) in [4.78, 5) is 25.7. The number of nitrogens with zero attached hydrogens (tertiary/aromatic N) is 3. The van der Waals surface area contributed by atoms with Gasteiger partial charge in [-0.1, -0.05) is 31.5 Å². The summed E-state index contributed by atoms with van der Waals surface area (Å²) in [6.07, 6.45) is -4.33. The Morgan fingerprint density at radius 3 is 2.52 bits per heavy atom. The number of para-hydroxylation sites is 1. The minimum atomic E-state index is -4.66. The molecule has 27 heavy (non-hydrogen) atoms. The number of halogens is 3. The molecule has 1 heterocycles. The van der Waals surface area contributed by atoms with E-state index in [1.807, 2.05) is 6.92 Å². The maximum absolute atomic E-state index is 12.7. The molecule has 0 aliphatic carbocycles. The fraction of sp³-hybridized carbons (Fsp3) is 0.375. The molecule has 0 spiro atoms. The Balaban J connectivity index is 2.27. The van der Waals surface area contributed by atoms with Crippen LogP contribution >= 0.6 is 0 Å². The predicted octanol–water partition coefficient (Wildman–Crippen LogP) is 3.59. The number of amides is 2. The molecule has 0 fully saturated rings. The highest BCUT2D eigenvalue weighted by molar-refractivity contribution is 6.19. The van der Waals surface area contributed by atoms with E-state index < -0.39 is 36.4 Å². The van der Waals surface area contributed by atoms with Crippen molar-refractivity contribution in [1.82, 2.24) is 10.3 Å². The second kappa shape index (κ2) is 9.01. The maximum atomic E-state index is 12.7. The van der Waals surface area contributed by atoms with Gasteiger partial charge in [-0.3, -0.25) is 4.79 Å². The Hall–Kier alpha value is -3.11. The molecule has 1 aromatic carbocycles. The first kappa shape index (κ1) is 20.2. The molecule has 2 amide bonds. The first-order chi connectivity index (χ1) is 12.8. The van der Waals surface area contributed by atoms with Gasteiger partial charge in [-0.05, 0) is 28.9 Å². The largest absolute Gasteiger partial charge is 0.464 e. The summed E-state index contributed by atoms with van der Waals surface area (Å²) in [6.45, 7) is 0.257. The average molecular weight is 387 g/mol. The Labute approximate surface area is 151 Å². The first-order valence-corrected chi connectivity index (χ1v) is 7.92. The molecule has 0 unspecified atom stereocenters. The van der Waals surface area contributed by atoms with Crippen molar-refractivity contribution in [2.24, 2.45) is 0 Å². The van der Waals surface area contributed by atoms with Crippen LogP contribution in [-0.4, -0.2) is 41.7 Å². The van der Waals surface area contributed by atoms with Crippen molar-refractivity contribution in [3.8, 4) is 5.88 Å². The number of unbranched alkanes of at least 4 members (excludes halogenated alkanes) is 1. The lowest BCUT2D eigenvalue weighted by molar-refractivity contribution is -0.154. The molecule has 0 bridgehead atoms. The second-order valence-corrected chi connectivity index (χ2v) is 5.27. The van der Waals surface area contributed by atoms with Crippen LogP contribution in [0.1, 0.15) is 30.3 Å². The van der Waals surface area contributed by atoms with Crippen molar-refractivity contribution in [2.45, 2.75) is 25.9 Å². The van der Waals surface area contributed by atoms with Gasteiger partial charge in [-0.2, -0.15) is 13.2 Å². The molecule has 8 nitrogen and oxygen atoms in total.